The van der Waals surface area contributed by atoms with Gasteiger partial charge in [-0.15, -0.1) is 0 Å². The van der Waals surface area contributed by atoms with E-state index in [1.54, 1.807) is 48.1 Å². The van der Waals surface area contributed by atoms with Crippen LogP contribution >= 0.6 is 11.6 Å². The molecule has 1 aromatic heterocycles. The van der Waals surface area contributed by atoms with Gasteiger partial charge in [0, 0.05) is 40.8 Å². The third-order valence-electron chi connectivity index (χ3n) is 9.05. The van der Waals surface area contributed by atoms with Crippen molar-refractivity contribution in [2.45, 2.75) is 67.2 Å². The van der Waals surface area contributed by atoms with E-state index in [0.717, 1.165) is 22.1 Å². The molecule has 0 saturated carbocycles. The average Bonchev–Trinajstić information content (AvgIpc) is 3.32. The van der Waals surface area contributed by atoms with Crippen LogP contribution in [0.1, 0.15) is 75.5 Å². The third-order valence-corrected chi connectivity index (χ3v) is 9.30. The number of aromatic nitrogens is 1. The van der Waals surface area contributed by atoms with Crippen molar-refractivity contribution >= 4 is 40.2 Å². The minimum absolute atomic E-state index is 0.0608. The molecule has 258 valence electrons. The molecule has 2 N–H and O–H groups in total. The molecule has 7 nitrogen and oxygen atoms in total. The second-order valence-corrected chi connectivity index (χ2v) is 13.8. The highest BCUT2D eigenvalue weighted by atomic mass is 35.5. The summed E-state index contributed by atoms with van der Waals surface area (Å²) in [5.41, 5.74) is 7.64. The number of methoxy groups -OCH3 is 1. The van der Waals surface area contributed by atoms with E-state index in [-0.39, 0.29) is 42.6 Å². The lowest BCUT2D eigenvalue weighted by Crippen LogP contribution is -2.34. The molecule has 8 heteroatoms. The molecule has 0 fully saturated rings. The zero-order chi connectivity index (χ0) is 35.7. The average molecular weight is 682 g/mol. The number of fused-ring (bicyclic) bond motifs is 1. The smallest absolute Gasteiger partial charge is 0.262 e. The van der Waals surface area contributed by atoms with Gasteiger partial charge in [0.05, 0.1) is 19.0 Å². The van der Waals surface area contributed by atoms with Crippen molar-refractivity contribution in [1.29, 1.82) is 0 Å². The molecule has 0 unspecified atom stereocenters. The molecule has 4 rings (SSSR count). The van der Waals surface area contributed by atoms with Gasteiger partial charge in [-0.25, -0.2) is 0 Å². The van der Waals surface area contributed by atoms with Crippen molar-refractivity contribution in [3.05, 3.63) is 123 Å². The van der Waals surface area contributed by atoms with Crippen LogP contribution in [0.25, 0.3) is 10.9 Å². The normalized spacial score (nSPS) is 15.3. The molecular formula is C41H48ClN3O4. The summed E-state index contributed by atoms with van der Waals surface area (Å²) in [4.78, 5) is 39.0. The van der Waals surface area contributed by atoms with Crippen LogP contribution in [0.5, 0.6) is 5.75 Å². The van der Waals surface area contributed by atoms with E-state index in [2.05, 4.69) is 50.5 Å². The van der Waals surface area contributed by atoms with E-state index < -0.39 is 0 Å². The number of amides is 2. The van der Waals surface area contributed by atoms with Gasteiger partial charge in [-0.05, 0) is 112 Å². The van der Waals surface area contributed by atoms with E-state index in [0.29, 0.717) is 27.5 Å². The predicted octanol–water partition coefficient (Wildman–Crippen LogP) is 8.61. The first-order valence-electron chi connectivity index (χ1n) is 16.7. The number of rotatable bonds is 12. The Hall–Kier alpha value is -4.62. The molecule has 2 aromatic carbocycles. The van der Waals surface area contributed by atoms with Gasteiger partial charge in [0.1, 0.15) is 5.75 Å². The van der Waals surface area contributed by atoms with Gasteiger partial charge in [0.25, 0.3) is 5.91 Å². The maximum atomic E-state index is 13.5. The number of allylic oxidation sites excluding steroid dienone is 9. The van der Waals surface area contributed by atoms with Crippen molar-refractivity contribution < 1.29 is 19.1 Å². The number of nitrogens with zero attached hydrogens (tertiary/aromatic N) is 1. The number of nitrogens with one attached hydrogen (secondary N) is 2. The highest BCUT2D eigenvalue weighted by molar-refractivity contribution is 6.30. The molecule has 0 saturated heterocycles. The van der Waals surface area contributed by atoms with E-state index in [4.69, 9.17) is 16.3 Å². The number of hydrogen-bond acceptors (Lipinski definition) is 4. The van der Waals surface area contributed by atoms with E-state index in [1.807, 2.05) is 44.2 Å². The second kappa shape index (κ2) is 16.7. The van der Waals surface area contributed by atoms with Gasteiger partial charge < -0.3 is 15.4 Å². The summed E-state index contributed by atoms with van der Waals surface area (Å²) in [5, 5.41) is 7.01. The molecule has 49 heavy (non-hydrogen) atoms. The van der Waals surface area contributed by atoms with Gasteiger partial charge >= 0.3 is 0 Å². The van der Waals surface area contributed by atoms with Crippen LogP contribution in [0.3, 0.4) is 0 Å². The number of ether oxygens (including phenoxy) is 1. The molecule has 0 aliphatic heterocycles. The number of carbonyl (C=O) groups is 3. The highest BCUT2D eigenvalue weighted by Gasteiger charge is 2.26. The summed E-state index contributed by atoms with van der Waals surface area (Å²) in [5.74, 6) is -0.0410. The van der Waals surface area contributed by atoms with E-state index in [1.165, 1.54) is 30.4 Å². The first-order chi connectivity index (χ1) is 23.3. The van der Waals surface area contributed by atoms with Crippen molar-refractivity contribution in [3.63, 3.8) is 0 Å². The monoisotopic (exact) mass is 681 g/mol. The van der Waals surface area contributed by atoms with Crippen LogP contribution in [-0.4, -0.2) is 42.5 Å². The van der Waals surface area contributed by atoms with Gasteiger partial charge in [0.15, 0.2) is 0 Å². The largest absolute Gasteiger partial charge is 0.497 e. The summed E-state index contributed by atoms with van der Waals surface area (Å²) in [6, 6.07) is 12.2. The molecule has 0 spiro atoms. The Bertz CT molecular complexity index is 1870. The summed E-state index contributed by atoms with van der Waals surface area (Å²) in [6.07, 6.45) is 15.5. The Kier molecular flexibility index (Phi) is 12.7. The van der Waals surface area contributed by atoms with Crippen LogP contribution in [0, 0.1) is 12.3 Å². The summed E-state index contributed by atoms with van der Waals surface area (Å²) in [6.45, 7) is 13.2. The van der Waals surface area contributed by atoms with Gasteiger partial charge in [0.2, 0.25) is 11.8 Å². The van der Waals surface area contributed by atoms with Crippen molar-refractivity contribution in [3.8, 4) is 5.75 Å². The van der Waals surface area contributed by atoms with Crippen LogP contribution in [0.15, 0.2) is 101 Å². The first kappa shape index (κ1) is 37.2. The standard InChI is InChI=1S/C41H48ClN3O4/c1-27(13-19-36-29(3)12-9-21-41(36,5)6)10-8-11-28(2)24-38(46)43-22-23-44-39(47)26-34-30(4)45(37-20-18-33(49-7)25-35(34)37)40(48)31-14-16-32(42)17-15-31/h8,10-11,13-20,24-25H,9,12,21-23,26H2,1-7H3,(H,43,46)(H,44,47)/b11-8+,19-13+,27-10+,28-24-. The molecule has 1 aliphatic rings. The fourth-order valence-corrected chi connectivity index (χ4v) is 6.47. The SMILES string of the molecule is COc1ccc2c(c1)c(CC(=O)NCCNC(=O)\C=C(C)/C=C/C=C(C)/C=C/C1=C(C)CCCC1(C)C)c(C)n2C(=O)c1ccc(Cl)cc1. The Balaban J connectivity index is 1.31. The minimum atomic E-state index is -0.231. The summed E-state index contributed by atoms with van der Waals surface area (Å²) >= 11 is 6.03. The van der Waals surface area contributed by atoms with Crippen molar-refractivity contribution in [2.24, 2.45) is 5.41 Å². The maximum Gasteiger partial charge on any atom is 0.262 e. The molecule has 2 amide bonds. The number of halogens is 1. The highest BCUT2D eigenvalue weighted by Crippen LogP contribution is 2.40. The first-order valence-corrected chi connectivity index (χ1v) is 17.1. The second-order valence-electron chi connectivity index (χ2n) is 13.3. The minimum Gasteiger partial charge on any atom is -0.497 e. The Morgan fingerprint density at radius 1 is 0.980 bits per heavy atom. The lowest BCUT2D eigenvalue weighted by Gasteiger charge is -2.32. The molecule has 1 heterocycles. The predicted molar refractivity (Wildman–Crippen MR) is 200 cm³/mol. The number of carbonyl (C=O) groups excluding carboxylic acids is 3. The lowest BCUT2D eigenvalue weighted by atomic mass is 9.72. The molecule has 0 atom stereocenters. The van der Waals surface area contributed by atoms with Gasteiger partial charge in [-0.2, -0.15) is 0 Å². The molecular weight excluding hydrogens is 634 g/mol. The van der Waals surface area contributed by atoms with Crippen LogP contribution in [-0.2, 0) is 16.0 Å². The molecule has 3 aromatic rings. The topological polar surface area (TPSA) is 89.4 Å². The van der Waals surface area contributed by atoms with E-state index >= 15 is 0 Å². The van der Waals surface area contributed by atoms with Crippen LogP contribution < -0.4 is 15.4 Å². The van der Waals surface area contributed by atoms with Crippen LogP contribution in [0.2, 0.25) is 5.02 Å². The van der Waals surface area contributed by atoms with Crippen molar-refractivity contribution in [2.75, 3.05) is 20.2 Å². The molecule has 1 aliphatic carbocycles. The van der Waals surface area contributed by atoms with E-state index in [9.17, 15) is 14.4 Å². The zero-order valence-electron chi connectivity index (χ0n) is 29.7. The maximum absolute atomic E-state index is 13.5. The third kappa shape index (κ3) is 9.73. The number of benzene rings is 2. The van der Waals surface area contributed by atoms with Crippen molar-refractivity contribution in [1.82, 2.24) is 15.2 Å². The summed E-state index contributed by atoms with van der Waals surface area (Å²) < 4.78 is 7.05. The van der Waals surface area contributed by atoms with Gasteiger partial charge in [-0.1, -0.05) is 67.0 Å². The molecule has 0 bridgehead atoms. The Labute approximate surface area is 295 Å². The quantitative estimate of drug-likeness (QED) is 0.114. The number of hydrogen-bond donors (Lipinski definition) is 2. The van der Waals surface area contributed by atoms with Crippen LogP contribution in [0.4, 0.5) is 0 Å². The van der Waals surface area contributed by atoms with Gasteiger partial charge in [-0.3, -0.25) is 19.0 Å². The fourth-order valence-electron chi connectivity index (χ4n) is 6.34. The fraction of sp³-hybridized carbons (Fsp3) is 0.341. The molecule has 0 radical (unpaired) electrons. The summed E-state index contributed by atoms with van der Waals surface area (Å²) in [7, 11) is 1.58. The Morgan fingerprint density at radius 2 is 1.69 bits per heavy atom. The lowest BCUT2D eigenvalue weighted by molar-refractivity contribution is -0.121. The zero-order valence-corrected chi connectivity index (χ0v) is 30.5. The Morgan fingerprint density at radius 3 is 2.39 bits per heavy atom.